The van der Waals surface area contributed by atoms with Crippen LogP contribution in [-0.2, 0) is 9.47 Å². The molecule has 0 aromatic rings. The van der Waals surface area contributed by atoms with Crippen molar-refractivity contribution in [3.63, 3.8) is 0 Å². The molecule has 0 rings (SSSR count). The summed E-state index contributed by atoms with van der Waals surface area (Å²) in [5, 5.41) is 0. The van der Waals surface area contributed by atoms with Gasteiger partial charge in [0.1, 0.15) is 5.60 Å². The van der Waals surface area contributed by atoms with E-state index in [0.29, 0.717) is 19.7 Å². The summed E-state index contributed by atoms with van der Waals surface area (Å²) in [7, 11) is 1.60. The fourth-order valence-electron chi connectivity index (χ4n) is 0.941. The second kappa shape index (κ2) is 6.45. The number of rotatable bonds is 5. The second-order valence-corrected chi connectivity index (χ2v) is 4.21. The normalized spacial score (nSPS) is 10.9. The summed E-state index contributed by atoms with van der Waals surface area (Å²) in [6.45, 7) is 10.6. The van der Waals surface area contributed by atoms with Gasteiger partial charge in [-0.2, -0.15) is 0 Å². The van der Waals surface area contributed by atoms with E-state index >= 15 is 0 Å². The van der Waals surface area contributed by atoms with E-state index in [-0.39, 0.29) is 6.09 Å². The molecule has 88 valence electrons. The van der Waals surface area contributed by atoms with Crippen LogP contribution in [0.3, 0.4) is 0 Å². The zero-order chi connectivity index (χ0) is 11.9. The van der Waals surface area contributed by atoms with Crippen molar-refractivity contribution in [1.29, 1.82) is 0 Å². The topological polar surface area (TPSA) is 38.8 Å². The largest absolute Gasteiger partial charge is 0.444 e. The van der Waals surface area contributed by atoms with Crippen molar-refractivity contribution in [2.24, 2.45) is 0 Å². The van der Waals surface area contributed by atoms with E-state index in [1.807, 2.05) is 20.8 Å². The van der Waals surface area contributed by atoms with Gasteiger partial charge in [0, 0.05) is 20.2 Å². The summed E-state index contributed by atoms with van der Waals surface area (Å²) in [6, 6.07) is 0. The van der Waals surface area contributed by atoms with Crippen LogP contribution in [0.5, 0.6) is 0 Å². The third-order valence-corrected chi connectivity index (χ3v) is 1.57. The highest BCUT2D eigenvalue weighted by molar-refractivity contribution is 5.68. The molecule has 0 unspecified atom stereocenters. The maximum atomic E-state index is 11.7. The Balaban J connectivity index is 4.21. The summed E-state index contributed by atoms with van der Waals surface area (Å²) < 4.78 is 10.1. The molecule has 0 aliphatic carbocycles. The van der Waals surface area contributed by atoms with E-state index in [2.05, 4.69) is 6.58 Å². The highest BCUT2D eigenvalue weighted by Gasteiger charge is 2.20. The first kappa shape index (κ1) is 14.0. The predicted octanol–water partition coefficient (Wildman–Crippen LogP) is 2.06. The first-order chi connectivity index (χ1) is 6.90. The molecular weight excluding hydrogens is 194 g/mol. The van der Waals surface area contributed by atoms with Crippen molar-refractivity contribution in [3.8, 4) is 0 Å². The Kier molecular flexibility index (Phi) is 6.01. The number of carbonyl (C=O) groups excluding carboxylic acids is 1. The molecule has 0 spiro atoms. The molecule has 0 aromatic carbocycles. The summed E-state index contributed by atoms with van der Waals surface area (Å²) in [6.07, 6.45) is 1.33. The Morgan fingerprint density at radius 1 is 1.47 bits per heavy atom. The van der Waals surface area contributed by atoms with Gasteiger partial charge >= 0.3 is 6.09 Å². The molecule has 4 nitrogen and oxygen atoms in total. The minimum Gasteiger partial charge on any atom is -0.444 e. The van der Waals surface area contributed by atoms with Crippen LogP contribution in [0.25, 0.3) is 0 Å². The van der Waals surface area contributed by atoms with Crippen LogP contribution >= 0.6 is 0 Å². The molecule has 0 fully saturated rings. The van der Waals surface area contributed by atoms with E-state index < -0.39 is 5.60 Å². The first-order valence-corrected chi connectivity index (χ1v) is 4.98. The molecule has 0 N–H and O–H groups in total. The molecule has 0 aliphatic rings. The standard InChI is InChI=1S/C11H21NO3/c1-6-7-12(8-9-14-5)10(13)15-11(2,3)4/h6H,1,7-9H2,2-5H3. The molecule has 4 heteroatoms. The lowest BCUT2D eigenvalue weighted by molar-refractivity contribution is 0.0226. The quantitative estimate of drug-likeness (QED) is 0.659. The van der Waals surface area contributed by atoms with Crippen LogP contribution in [-0.4, -0.2) is 43.4 Å². The molecule has 0 bridgehead atoms. The van der Waals surface area contributed by atoms with Gasteiger partial charge in [-0.3, -0.25) is 0 Å². The Bertz CT molecular complexity index is 208. The number of hydrogen-bond donors (Lipinski definition) is 0. The Hall–Kier alpha value is -1.03. The van der Waals surface area contributed by atoms with Crippen LogP contribution in [0, 0.1) is 0 Å². The highest BCUT2D eigenvalue weighted by Crippen LogP contribution is 2.09. The molecule has 1 amide bonds. The van der Waals surface area contributed by atoms with Gasteiger partial charge in [-0.25, -0.2) is 4.79 Å². The maximum absolute atomic E-state index is 11.7. The Morgan fingerprint density at radius 3 is 2.47 bits per heavy atom. The van der Waals surface area contributed by atoms with Gasteiger partial charge in [0.2, 0.25) is 0 Å². The van der Waals surface area contributed by atoms with Gasteiger partial charge in [0.05, 0.1) is 6.61 Å². The van der Waals surface area contributed by atoms with Gasteiger partial charge in [-0.1, -0.05) is 6.08 Å². The maximum Gasteiger partial charge on any atom is 0.410 e. The van der Waals surface area contributed by atoms with Gasteiger partial charge in [0.15, 0.2) is 0 Å². The lowest BCUT2D eigenvalue weighted by Gasteiger charge is -2.26. The predicted molar refractivity (Wildman–Crippen MR) is 59.9 cm³/mol. The van der Waals surface area contributed by atoms with Crippen LogP contribution in [0.1, 0.15) is 20.8 Å². The Morgan fingerprint density at radius 2 is 2.07 bits per heavy atom. The van der Waals surface area contributed by atoms with Gasteiger partial charge in [0.25, 0.3) is 0 Å². The van der Waals surface area contributed by atoms with E-state index in [1.165, 1.54) is 0 Å². The molecule has 0 saturated carbocycles. The van der Waals surface area contributed by atoms with Gasteiger partial charge in [-0.15, -0.1) is 6.58 Å². The zero-order valence-corrected chi connectivity index (χ0v) is 10.1. The molecular formula is C11H21NO3. The Labute approximate surface area is 91.8 Å². The van der Waals surface area contributed by atoms with Crippen LogP contribution in [0.2, 0.25) is 0 Å². The van der Waals surface area contributed by atoms with Crippen LogP contribution in [0.15, 0.2) is 12.7 Å². The lowest BCUT2D eigenvalue weighted by Crippen LogP contribution is -2.38. The third kappa shape index (κ3) is 6.96. The lowest BCUT2D eigenvalue weighted by atomic mass is 10.2. The zero-order valence-electron chi connectivity index (χ0n) is 10.1. The number of hydrogen-bond acceptors (Lipinski definition) is 3. The SMILES string of the molecule is C=CCN(CCOC)C(=O)OC(C)(C)C. The average molecular weight is 215 g/mol. The van der Waals surface area contributed by atoms with Crippen molar-refractivity contribution in [1.82, 2.24) is 4.90 Å². The van der Waals surface area contributed by atoms with Gasteiger partial charge < -0.3 is 14.4 Å². The number of methoxy groups -OCH3 is 1. The monoisotopic (exact) mass is 215 g/mol. The smallest absolute Gasteiger partial charge is 0.410 e. The molecule has 15 heavy (non-hydrogen) atoms. The third-order valence-electron chi connectivity index (χ3n) is 1.57. The highest BCUT2D eigenvalue weighted by atomic mass is 16.6. The molecule has 0 aromatic heterocycles. The summed E-state index contributed by atoms with van der Waals surface area (Å²) in [5.74, 6) is 0. The number of ether oxygens (including phenoxy) is 2. The second-order valence-electron chi connectivity index (χ2n) is 4.21. The van der Waals surface area contributed by atoms with E-state index in [0.717, 1.165) is 0 Å². The molecule has 0 heterocycles. The average Bonchev–Trinajstić information content (AvgIpc) is 2.09. The van der Waals surface area contributed by atoms with Crippen molar-refractivity contribution in [2.75, 3.05) is 26.8 Å². The summed E-state index contributed by atoms with van der Waals surface area (Å²) in [5.41, 5.74) is -0.469. The van der Waals surface area contributed by atoms with Crippen molar-refractivity contribution < 1.29 is 14.3 Å². The van der Waals surface area contributed by atoms with Crippen molar-refractivity contribution >= 4 is 6.09 Å². The summed E-state index contributed by atoms with van der Waals surface area (Å²) in [4.78, 5) is 13.2. The van der Waals surface area contributed by atoms with Crippen molar-refractivity contribution in [2.45, 2.75) is 26.4 Å². The molecule has 0 radical (unpaired) electrons. The van der Waals surface area contributed by atoms with E-state index in [4.69, 9.17) is 9.47 Å². The molecule has 0 saturated heterocycles. The molecule has 0 aliphatic heterocycles. The fraction of sp³-hybridized carbons (Fsp3) is 0.727. The number of nitrogens with zero attached hydrogens (tertiary/aromatic N) is 1. The van der Waals surface area contributed by atoms with Crippen molar-refractivity contribution in [3.05, 3.63) is 12.7 Å². The first-order valence-electron chi connectivity index (χ1n) is 4.98. The van der Waals surface area contributed by atoms with Gasteiger partial charge in [-0.05, 0) is 20.8 Å². The van der Waals surface area contributed by atoms with Crippen LogP contribution in [0.4, 0.5) is 4.79 Å². The molecule has 0 atom stereocenters. The van der Waals surface area contributed by atoms with Crippen LogP contribution < -0.4 is 0 Å². The minimum absolute atomic E-state index is 0.334. The number of amides is 1. The summed E-state index contributed by atoms with van der Waals surface area (Å²) >= 11 is 0. The van der Waals surface area contributed by atoms with E-state index in [1.54, 1.807) is 18.1 Å². The number of carbonyl (C=O) groups is 1. The minimum atomic E-state index is -0.469. The van der Waals surface area contributed by atoms with E-state index in [9.17, 15) is 4.79 Å². The fourth-order valence-corrected chi connectivity index (χ4v) is 0.941.